The van der Waals surface area contributed by atoms with E-state index < -0.39 is 0 Å². The third-order valence-electron chi connectivity index (χ3n) is 5.74. The smallest absolute Gasteiger partial charge is 0.407 e. The molecule has 3 aromatic rings. The van der Waals surface area contributed by atoms with Gasteiger partial charge in [-0.15, -0.1) is 5.10 Å². The lowest BCUT2D eigenvalue weighted by Crippen LogP contribution is -2.35. The van der Waals surface area contributed by atoms with E-state index in [2.05, 4.69) is 31.9 Å². The van der Waals surface area contributed by atoms with Crippen LogP contribution >= 0.6 is 11.5 Å². The van der Waals surface area contributed by atoms with Crippen molar-refractivity contribution < 1.29 is 14.3 Å². The Morgan fingerprint density at radius 1 is 1.16 bits per heavy atom. The van der Waals surface area contributed by atoms with E-state index >= 15 is 0 Å². The van der Waals surface area contributed by atoms with Crippen LogP contribution in [0.2, 0.25) is 0 Å². The summed E-state index contributed by atoms with van der Waals surface area (Å²) in [4.78, 5) is 14.5. The predicted molar refractivity (Wildman–Crippen MR) is 125 cm³/mol. The molecule has 0 unspecified atom stereocenters. The molecule has 1 aliphatic heterocycles. The van der Waals surface area contributed by atoms with Crippen LogP contribution in [0.4, 0.5) is 4.79 Å². The molecule has 32 heavy (non-hydrogen) atoms. The summed E-state index contributed by atoms with van der Waals surface area (Å²) in [5.41, 5.74) is 4.15. The summed E-state index contributed by atoms with van der Waals surface area (Å²) in [6.45, 7) is 3.84. The van der Waals surface area contributed by atoms with Crippen molar-refractivity contribution in [3.05, 3.63) is 65.0 Å². The summed E-state index contributed by atoms with van der Waals surface area (Å²) in [6, 6.07) is 16.1. The average Bonchev–Trinajstić information content (AvgIpc) is 3.38. The number of hydrogen-bond acceptors (Lipinski definition) is 7. The number of likely N-dealkylation sites (tertiary alicyclic amines) is 1. The van der Waals surface area contributed by atoms with Gasteiger partial charge in [0.25, 0.3) is 0 Å². The fourth-order valence-corrected chi connectivity index (χ4v) is 4.31. The van der Waals surface area contributed by atoms with Crippen molar-refractivity contribution in [2.45, 2.75) is 25.9 Å². The number of hydrogen-bond donors (Lipinski definition) is 1. The molecular weight excluding hydrogens is 424 g/mol. The van der Waals surface area contributed by atoms with Gasteiger partial charge in [0.05, 0.1) is 13.7 Å². The molecule has 1 N–H and O–H groups in total. The fourth-order valence-electron chi connectivity index (χ4n) is 3.84. The summed E-state index contributed by atoms with van der Waals surface area (Å²) in [5, 5.41) is 8.81. The highest BCUT2D eigenvalue weighted by atomic mass is 32.1. The number of ether oxygens (including phenoxy) is 2. The molecule has 0 saturated carbocycles. The molecule has 1 amide bonds. The maximum Gasteiger partial charge on any atom is 0.407 e. The molecule has 7 nitrogen and oxygen atoms in total. The van der Waals surface area contributed by atoms with E-state index in [1.54, 1.807) is 7.11 Å². The second-order valence-electron chi connectivity index (χ2n) is 8.01. The second-order valence-corrected chi connectivity index (χ2v) is 8.62. The van der Waals surface area contributed by atoms with Gasteiger partial charge in [-0.25, -0.2) is 4.79 Å². The Balaban J connectivity index is 1.14. The monoisotopic (exact) mass is 452 g/mol. The van der Waals surface area contributed by atoms with E-state index in [1.165, 1.54) is 17.1 Å². The molecular formula is C24H28N4O3S. The summed E-state index contributed by atoms with van der Waals surface area (Å²) >= 11 is 1.33. The van der Waals surface area contributed by atoms with E-state index in [1.807, 2.05) is 41.8 Å². The van der Waals surface area contributed by atoms with Gasteiger partial charge >= 0.3 is 6.09 Å². The minimum absolute atomic E-state index is 0.364. The summed E-state index contributed by atoms with van der Waals surface area (Å²) in [5.74, 6) is 1.30. The van der Waals surface area contributed by atoms with Crippen LogP contribution < -0.4 is 10.1 Å². The first-order chi connectivity index (χ1) is 15.7. The zero-order valence-corrected chi connectivity index (χ0v) is 19.0. The van der Waals surface area contributed by atoms with Gasteiger partial charge in [-0.3, -0.25) is 4.90 Å². The van der Waals surface area contributed by atoms with Crippen molar-refractivity contribution in [2.24, 2.45) is 5.92 Å². The Morgan fingerprint density at radius 2 is 1.97 bits per heavy atom. The van der Waals surface area contributed by atoms with Crippen LogP contribution in [0, 0.1) is 5.92 Å². The molecule has 1 aliphatic rings. The number of piperidine rings is 1. The summed E-state index contributed by atoms with van der Waals surface area (Å²) < 4.78 is 14.7. The van der Waals surface area contributed by atoms with Gasteiger partial charge in [-0.1, -0.05) is 40.9 Å². The minimum Gasteiger partial charge on any atom is -0.497 e. The van der Waals surface area contributed by atoms with Gasteiger partial charge in [0.1, 0.15) is 11.4 Å². The molecule has 8 heteroatoms. The lowest BCUT2D eigenvalue weighted by Gasteiger charge is -2.31. The number of carbonyl (C=O) groups is 1. The molecule has 1 aromatic heterocycles. The lowest BCUT2D eigenvalue weighted by atomic mass is 9.97. The molecule has 1 fully saturated rings. The molecule has 2 aromatic carbocycles. The minimum atomic E-state index is -0.364. The van der Waals surface area contributed by atoms with Gasteiger partial charge in [-0.05, 0) is 66.6 Å². The molecule has 0 spiro atoms. The number of benzene rings is 2. The Labute approximate surface area is 192 Å². The summed E-state index contributed by atoms with van der Waals surface area (Å²) in [6.07, 6.45) is 1.70. The van der Waals surface area contributed by atoms with Crippen molar-refractivity contribution in [3.63, 3.8) is 0 Å². The summed E-state index contributed by atoms with van der Waals surface area (Å²) in [7, 11) is 1.69. The van der Waals surface area contributed by atoms with E-state index in [9.17, 15) is 4.79 Å². The Morgan fingerprint density at radius 3 is 2.69 bits per heavy atom. The van der Waals surface area contributed by atoms with E-state index in [0.717, 1.165) is 55.0 Å². The Kier molecular flexibility index (Phi) is 7.68. The predicted octanol–water partition coefficient (Wildman–Crippen LogP) is 4.35. The highest BCUT2D eigenvalue weighted by molar-refractivity contribution is 7.03. The van der Waals surface area contributed by atoms with E-state index in [0.29, 0.717) is 19.1 Å². The van der Waals surface area contributed by atoms with Crippen LogP contribution in [-0.4, -0.2) is 47.4 Å². The average molecular weight is 453 g/mol. The van der Waals surface area contributed by atoms with Gasteiger partial charge in [-0.2, -0.15) is 0 Å². The van der Waals surface area contributed by atoms with Crippen LogP contribution in [-0.2, 0) is 17.8 Å². The number of amides is 1. The van der Waals surface area contributed by atoms with E-state index in [4.69, 9.17) is 9.47 Å². The molecule has 4 rings (SSSR count). The van der Waals surface area contributed by atoms with Crippen molar-refractivity contribution in [1.29, 1.82) is 0 Å². The zero-order chi connectivity index (χ0) is 22.2. The van der Waals surface area contributed by atoms with Crippen molar-refractivity contribution in [2.75, 3.05) is 26.8 Å². The van der Waals surface area contributed by atoms with Crippen molar-refractivity contribution in [1.82, 2.24) is 19.8 Å². The van der Waals surface area contributed by atoms with E-state index in [-0.39, 0.29) is 6.09 Å². The number of nitrogens with zero attached hydrogens (tertiary/aromatic N) is 3. The quantitative estimate of drug-likeness (QED) is 0.548. The highest BCUT2D eigenvalue weighted by Gasteiger charge is 2.20. The topological polar surface area (TPSA) is 76.6 Å². The second kappa shape index (κ2) is 11.1. The largest absolute Gasteiger partial charge is 0.497 e. The Hall–Kier alpha value is -2.97. The highest BCUT2D eigenvalue weighted by Crippen LogP contribution is 2.21. The molecule has 0 aliphatic carbocycles. The standard InChI is InChI=1S/C24H28N4O3S/c1-30-22-4-2-3-20(13-22)15-28-11-9-19(10-12-28)16-31-24(29)25-14-18-5-7-21(8-6-18)23-17-32-27-26-23/h2-8,13,17,19H,9-12,14-16H2,1H3,(H,25,29). The van der Waals surface area contributed by atoms with Crippen LogP contribution in [0.15, 0.2) is 53.9 Å². The lowest BCUT2D eigenvalue weighted by molar-refractivity contribution is 0.0940. The number of carbonyl (C=O) groups excluding carboxylic acids is 1. The van der Waals surface area contributed by atoms with Crippen LogP contribution in [0.5, 0.6) is 5.75 Å². The molecule has 1 saturated heterocycles. The number of aromatic nitrogens is 2. The fraction of sp³-hybridized carbons (Fsp3) is 0.375. The molecule has 0 atom stereocenters. The molecule has 0 bridgehead atoms. The first kappa shape index (κ1) is 22.2. The van der Waals surface area contributed by atoms with Crippen molar-refractivity contribution >= 4 is 17.6 Å². The number of methoxy groups -OCH3 is 1. The van der Waals surface area contributed by atoms with Crippen LogP contribution in [0.25, 0.3) is 11.3 Å². The third-order valence-corrected chi connectivity index (χ3v) is 6.25. The molecule has 0 radical (unpaired) electrons. The van der Waals surface area contributed by atoms with Gasteiger partial charge < -0.3 is 14.8 Å². The number of nitrogens with one attached hydrogen (secondary N) is 1. The first-order valence-electron chi connectivity index (χ1n) is 10.8. The first-order valence-corrected chi connectivity index (χ1v) is 11.7. The van der Waals surface area contributed by atoms with Gasteiger partial charge in [0.2, 0.25) is 0 Å². The molecule has 168 valence electrons. The Bertz CT molecular complexity index is 987. The SMILES string of the molecule is COc1cccc(CN2CCC(COC(=O)NCc3ccc(-c4csnn4)cc3)CC2)c1. The maximum atomic E-state index is 12.1. The molecule has 2 heterocycles. The third kappa shape index (κ3) is 6.27. The maximum absolute atomic E-state index is 12.1. The van der Waals surface area contributed by atoms with Crippen LogP contribution in [0.3, 0.4) is 0 Å². The van der Waals surface area contributed by atoms with Crippen molar-refractivity contribution in [3.8, 4) is 17.0 Å². The number of alkyl carbamates (subject to hydrolysis) is 1. The van der Waals surface area contributed by atoms with Gasteiger partial charge in [0, 0.05) is 24.0 Å². The van der Waals surface area contributed by atoms with Gasteiger partial charge in [0.15, 0.2) is 0 Å². The number of rotatable bonds is 8. The zero-order valence-electron chi connectivity index (χ0n) is 18.2. The normalized spacial score (nSPS) is 14.8. The van der Waals surface area contributed by atoms with Crippen LogP contribution in [0.1, 0.15) is 24.0 Å².